The predicted octanol–water partition coefficient (Wildman–Crippen LogP) is 7.14. The van der Waals surface area contributed by atoms with Crippen LogP contribution in [0.2, 0.25) is 10.0 Å². The van der Waals surface area contributed by atoms with Crippen LogP contribution >= 0.6 is 55.1 Å². The van der Waals surface area contributed by atoms with Crippen molar-refractivity contribution in [3.05, 3.63) is 123 Å². The highest BCUT2D eigenvalue weighted by molar-refractivity contribution is 9.10. The Labute approximate surface area is 255 Å². The van der Waals surface area contributed by atoms with Crippen molar-refractivity contribution in [1.29, 1.82) is 0 Å². The van der Waals surface area contributed by atoms with E-state index in [-0.39, 0.29) is 22.3 Å². The van der Waals surface area contributed by atoms with Gasteiger partial charge in [0.2, 0.25) is 11.6 Å². The number of fused-ring (bicyclic) bond motifs is 4. The summed E-state index contributed by atoms with van der Waals surface area (Å²) < 4.78 is 1.67. The third-order valence-corrected chi connectivity index (χ3v) is 8.20. The number of nitro groups is 1. The normalized spacial score (nSPS) is 13.5. The van der Waals surface area contributed by atoms with Crippen molar-refractivity contribution in [3.63, 3.8) is 0 Å². The Balaban J connectivity index is 0.000000162. The maximum Gasteiger partial charge on any atom is 0.288 e. The summed E-state index contributed by atoms with van der Waals surface area (Å²) in [7, 11) is 0. The molecule has 0 bridgehead atoms. The van der Waals surface area contributed by atoms with Crippen molar-refractivity contribution >= 4 is 78.0 Å². The number of benzene rings is 2. The lowest BCUT2D eigenvalue weighted by atomic mass is 10.0. The average molecular weight is 705 g/mol. The molecule has 0 radical (unpaired) electrons. The number of rotatable bonds is 1. The monoisotopic (exact) mass is 702 g/mol. The number of nitrogen functional groups attached to an aromatic ring is 1. The number of halogens is 4. The third-order valence-electron chi connectivity index (χ3n) is 6.71. The Kier molecular flexibility index (Phi) is 8.05. The van der Waals surface area contributed by atoms with Crippen LogP contribution < -0.4 is 5.73 Å². The molecular weight excluding hydrogens is 687 g/mol. The van der Waals surface area contributed by atoms with Gasteiger partial charge in [-0.1, -0.05) is 23.2 Å². The maximum atomic E-state index is 12.6. The van der Waals surface area contributed by atoms with Gasteiger partial charge >= 0.3 is 0 Å². The molecule has 202 valence electrons. The number of hydrogen-bond acceptors (Lipinski definition) is 7. The van der Waals surface area contributed by atoms with E-state index < -0.39 is 4.92 Å². The zero-order valence-corrected chi connectivity index (χ0v) is 25.2. The van der Waals surface area contributed by atoms with Crippen LogP contribution in [-0.4, -0.2) is 26.5 Å². The van der Waals surface area contributed by atoms with Gasteiger partial charge < -0.3 is 5.73 Å². The van der Waals surface area contributed by atoms with E-state index in [1.807, 2.05) is 12.1 Å². The Morgan fingerprint density at radius 2 is 1.18 bits per heavy atom. The first kappa shape index (κ1) is 28.4. The summed E-state index contributed by atoms with van der Waals surface area (Å²) >= 11 is 18.6. The summed E-state index contributed by atoms with van der Waals surface area (Å²) in [6.45, 7) is 0. The molecule has 0 aliphatic heterocycles. The number of aromatic nitrogens is 2. The highest BCUT2D eigenvalue weighted by atomic mass is 79.9. The van der Waals surface area contributed by atoms with E-state index in [9.17, 15) is 19.7 Å². The number of nitrogens with zero attached hydrogens (tertiary/aromatic N) is 3. The largest absolute Gasteiger partial charge is 0.398 e. The molecule has 2 aromatic heterocycles. The van der Waals surface area contributed by atoms with Gasteiger partial charge in [0.05, 0.1) is 15.6 Å². The molecule has 0 spiro atoms. The number of carbonyl (C=O) groups excluding carboxylic acids is 2. The SMILES string of the molecule is Nc1cc2c(cc1Cl)CCc1cc(Br)cnc1C2=O.O=C1c2cc([N+](=O)[O-])c(Cl)cc2CCc2cc(Br)cnc21. The van der Waals surface area contributed by atoms with Crippen LogP contribution in [-0.2, 0) is 25.7 Å². The quantitative estimate of drug-likeness (QED) is 0.127. The first-order valence-electron chi connectivity index (χ1n) is 12.0. The van der Waals surface area contributed by atoms with Gasteiger partial charge in [-0.15, -0.1) is 0 Å². The van der Waals surface area contributed by atoms with Crippen LogP contribution in [0.3, 0.4) is 0 Å². The molecule has 2 aliphatic carbocycles. The Bertz CT molecular complexity index is 1750. The van der Waals surface area contributed by atoms with Gasteiger partial charge in [-0.05, 0) is 110 Å². The molecule has 2 aliphatic rings. The van der Waals surface area contributed by atoms with Crippen molar-refractivity contribution in [2.75, 3.05) is 5.73 Å². The van der Waals surface area contributed by atoms with Gasteiger partial charge in [-0.2, -0.15) is 0 Å². The third kappa shape index (κ3) is 5.54. The maximum absolute atomic E-state index is 12.6. The molecule has 12 heteroatoms. The second-order valence-electron chi connectivity index (χ2n) is 9.23. The van der Waals surface area contributed by atoms with Gasteiger partial charge in [0.1, 0.15) is 16.4 Å². The van der Waals surface area contributed by atoms with Crippen LogP contribution in [0.1, 0.15) is 54.4 Å². The molecule has 6 rings (SSSR count). The molecule has 2 aromatic carbocycles. The Hall–Kier alpha value is -3.18. The number of anilines is 1. The van der Waals surface area contributed by atoms with Gasteiger partial charge in [0.25, 0.3) is 5.69 Å². The standard InChI is InChI=1S/C14H8BrClN2O3.C14H10BrClN2O/c15-9-3-8-2-1-7-4-11(16)12(18(20)21)5-10(7)14(19)13(8)17-6-9;15-9-3-8-2-1-7-4-11(16)12(17)5-10(7)14(19)13(8)18-6-9/h3-6H,1-2H2;3-6H,1-2,17H2. The van der Waals surface area contributed by atoms with Gasteiger partial charge in [0, 0.05) is 38.5 Å². The summed E-state index contributed by atoms with van der Waals surface area (Å²) in [6.07, 6.45) is 5.93. The lowest BCUT2D eigenvalue weighted by Crippen LogP contribution is -2.07. The molecular formula is C28H18Br2Cl2N4O4. The molecule has 8 nitrogen and oxygen atoms in total. The molecule has 0 amide bonds. The minimum absolute atomic E-state index is 0.0478. The van der Waals surface area contributed by atoms with Crippen LogP contribution in [0.15, 0.2) is 57.7 Å². The van der Waals surface area contributed by atoms with E-state index >= 15 is 0 Å². The van der Waals surface area contributed by atoms with E-state index in [0.717, 1.165) is 38.5 Å². The Morgan fingerprint density at radius 1 is 0.725 bits per heavy atom. The minimum atomic E-state index is -0.587. The highest BCUT2D eigenvalue weighted by Gasteiger charge is 2.27. The number of nitrogens with two attached hydrogens (primary N) is 1. The number of hydrogen-bond donors (Lipinski definition) is 1. The summed E-state index contributed by atoms with van der Waals surface area (Å²) in [5.74, 6) is -0.386. The average Bonchev–Trinajstić information content (AvgIpc) is 3.12. The molecule has 0 atom stereocenters. The fourth-order valence-corrected chi connectivity index (χ4v) is 5.96. The van der Waals surface area contributed by atoms with Crippen molar-refractivity contribution < 1.29 is 14.5 Å². The van der Waals surface area contributed by atoms with Gasteiger partial charge in [0.15, 0.2) is 0 Å². The van der Waals surface area contributed by atoms with Crippen molar-refractivity contribution in [2.24, 2.45) is 0 Å². The van der Waals surface area contributed by atoms with Crippen LogP contribution in [0.5, 0.6) is 0 Å². The molecule has 2 heterocycles. The zero-order chi connectivity index (χ0) is 28.7. The second-order valence-corrected chi connectivity index (χ2v) is 11.9. The summed E-state index contributed by atoms with van der Waals surface area (Å²) in [5, 5.41) is 11.5. The van der Waals surface area contributed by atoms with Crippen LogP contribution in [0.25, 0.3) is 0 Å². The predicted molar refractivity (Wildman–Crippen MR) is 160 cm³/mol. The molecule has 0 saturated carbocycles. The fraction of sp³-hybridized carbons (Fsp3) is 0.143. The van der Waals surface area contributed by atoms with E-state index in [0.29, 0.717) is 51.6 Å². The lowest BCUT2D eigenvalue weighted by Gasteiger charge is -2.07. The lowest BCUT2D eigenvalue weighted by molar-refractivity contribution is -0.384. The van der Waals surface area contributed by atoms with Crippen molar-refractivity contribution in [1.82, 2.24) is 9.97 Å². The summed E-state index contributed by atoms with van der Waals surface area (Å²) in [5.41, 5.74) is 11.1. The number of nitro benzene ring substituents is 1. The highest BCUT2D eigenvalue weighted by Crippen LogP contribution is 2.33. The summed E-state index contributed by atoms with van der Waals surface area (Å²) in [4.78, 5) is 43.9. The van der Waals surface area contributed by atoms with E-state index in [1.165, 1.54) is 12.1 Å². The molecule has 4 aromatic rings. The van der Waals surface area contributed by atoms with Crippen molar-refractivity contribution in [3.8, 4) is 0 Å². The minimum Gasteiger partial charge on any atom is -0.398 e. The van der Waals surface area contributed by atoms with E-state index in [1.54, 1.807) is 24.5 Å². The zero-order valence-electron chi connectivity index (χ0n) is 20.5. The number of pyridine rings is 2. The van der Waals surface area contributed by atoms with E-state index in [2.05, 4.69) is 41.8 Å². The van der Waals surface area contributed by atoms with E-state index in [4.69, 9.17) is 28.9 Å². The first-order valence-corrected chi connectivity index (χ1v) is 14.3. The number of ketones is 2. The van der Waals surface area contributed by atoms with Crippen LogP contribution in [0, 0.1) is 10.1 Å². The first-order chi connectivity index (χ1) is 19.0. The van der Waals surface area contributed by atoms with Crippen molar-refractivity contribution in [2.45, 2.75) is 25.7 Å². The molecule has 0 fully saturated rings. The second kappa shape index (κ2) is 11.4. The smallest absolute Gasteiger partial charge is 0.288 e. The molecule has 40 heavy (non-hydrogen) atoms. The van der Waals surface area contributed by atoms with Gasteiger partial charge in [-0.25, -0.2) is 0 Å². The molecule has 0 saturated heterocycles. The van der Waals surface area contributed by atoms with Gasteiger partial charge in [-0.3, -0.25) is 29.7 Å². The summed E-state index contributed by atoms with van der Waals surface area (Å²) in [6, 6.07) is 9.98. The number of aryl methyl sites for hydroxylation is 4. The topological polar surface area (TPSA) is 129 Å². The fourth-order valence-electron chi connectivity index (χ4n) is 4.76. The molecule has 0 unspecified atom stereocenters. The van der Waals surface area contributed by atoms with Crippen LogP contribution in [0.4, 0.5) is 11.4 Å². The molecule has 2 N–H and O–H groups in total. The Morgan fingerprint density at radius 3 is 1.68 bits per heavy atom. The number of carbonyl (C=O) groups is 2.